The van der Waals surface area contributed by atoms with Crippen molar-refractivity contribution in [2.24, 2.45) is 5.92 Å². The fourth-order valence-corrected chi connectivity index (χ4v) is 3.61. The monoisotopic (exact) mass is 395 g/mol. The van der Waals surface area contributed by atoms with Crippen LogP contribution < -0.4 is 5.32 Å². The van der Waals surface area contributed by atoms with Crippen LogP contribution in [-0.2, 0) is 11.2 Å². The standard InChI is InChI=1S/C21H25N5OS/c1-15(2)13-17-9-11-18(12-10-17)16(3)22-20(27)14-28-21-23-24-25-26(21)19-7-5-4-6-8-19/h4-12,15-16H,13-14H2,1-3H3,(H,22,27)/t16-/m1/s1. The zero-order valence-electron chi connectivity index (χ0n) is 16.4. The van der Waals surface area contributed by atoms with Gasteiger partial charge >= 0.3 is 0 Å². The molecule has 0 radical (unpaired) electrons. The van der Waals surface area contributed by atoms with Crippen molar-refractivity contribution in [2.45, 2.75) is 38.4 Å². The molecule has 1 atom stereocenters. The lowest BCUT2D eigenvalue weighted by Crippen LogP contribution is -2.28. The van der Waals surface area contributed by atoms with E-state index < -0.39 is 0 Å². The Morgan fingerprint density at radius 3 is 2.46 bits per heavy atom. The Labute approximate surface area is 169 Å². The molecule has 1 N–H and O–H groups in total. The number of benzene rings is 2. The molecule has 6 nitrogen and oxygen atoms in total. The first kappa shape index (κ1) is 20.1. The number of carbonyl (C=O) groups is 1. The van der Waals surface area contributed by atoms with Gasteiger partial charge in [0.15, 0.2) is 0 Å². The molecule has 1 heterocycles. The Bertz CT molecular complexity index is 893. The van der Waals surface area contributed by atoms with Crippen molar-refractivity contribution in [3.8, 4) is 5.69 Å². The summed E-state index contributed by atoms with van der Waals surface area (Å²) < 4.78 is 1.63. The molecule has 7 heteroatoms. The molecule has 3 rings (SSSR count). The number of hydrogen-bond acceptors (Lipinski definition) is 5. The van der Waals surface area contributed by atoms with Crippen LogP contribution in [0.4, 0.5) is 0 Å². The van der Waals surface area contributed by atoms with Gasteiger partial charge in [0.2, 0.25) is 11.1 Å². The molecule has 0 fully saturated rings. The summed E-state index contributed by atoms with van der Waals surface area (Å²) in [6.07, 6.45) is 1.06. The minimum absolute atomic E-state index is 0.0497. The van der Waals surface area contributed by atoms with Gasteiger partial charge in [-0.05, 0) is 52.9 Å². The van der Waals surface area contributed by atoms with Crippen molar-refractivity contribution in [1.29, 1.82) is 0 Å². The fraction of sp³-hybridized carbons (Fsp3) is 0.333. The van der Waals surface area contributed by atoms with Crippen LogP contribution in [0.25, 0.3) is 5.69 Å². The number of hydrogen-bond donors (Lipinski definition) is 1. The van der Waals surface area contributed by atoms with Crippen molar-refractivity contribution in [3.63, 3.8) is 0 Å². The number of aromatic nitrogens is 4. The molecule has 0 unspecified atom stereocenters. The quantitative estimate of drug-likeness (QED) is 0.587. The van der Waals surface area contributed by atoms with Crippen LogP contribution in [0.15, 0.2) is 59.8 Å². The molecular weight excluding hydrogens is 370 g/mol. The van der Waals surface area contributed by atoms with Crippen LogP contribution in [0.2, 0.25) is 0 Å². The highest BCUT2D eigenvalue weighted by Crippen LogP contribution is 2.19. The topological polar surface area (TPSA) is 72.7 Å². The second-order valence-electron chi connectivity index (χ2n) is 7.13. The minimum Gasteiger partial charge on any atom is -0.349 e. The van der Waals surface area contributed by atoms with E-state index in [2.05, 4.69) is 59.0 Å². The minimum atomic E-state index is -0.0497. The van der Waals surface area contributed by atoms with E-state index in [0.29, 0.717) is 11.1 Å². The summed E-state index contributed by atoms with van der Waals surface area (Å²) in [5.41, 5.74) is 3.28. The van der Waals surface area contributed by atoms with E-state index in [1.807, 2.05) is 37.3 Å². The molecule has 0 aliphatic heterocycles. The van der Waals surface area contributed by atoms with Crippen LogP contribution >= 0.6 is 11.8 Å². The number of nitrogens with one attached hydrogen (secondary N) is 1. The lowest BCUT2D eigenvalue weighted by molar-refractivity contribution is -0.119. The number of rotatable bonds is 8. The van der Waals surface area contributed by atoms with Gasteiger partial charge in [-0.25, -0.2) is 0 Å². The predicted molar refractivity (Wildman–Crippen MR) is 111 cm³/mol. The smallest absolute Gasteiger partial charge is 0.230 e. The molecule has 0 spiro atoms. The van der Waals surface area contributed by atoms with Gasteiger partial charge in [-0.3, -0.25) is 4.79 Å². The van der Waals surface area contributed by atoms with E-state index in [1.165, 1.54) is 17.3 Å². The summed E-state index contributed by atoms with van der Waals surface area (Å²) in [6.45, 7) is 6.42. The lowest BCUT2D eigenvalue weighted by Gasteiger charge is -2.15. The number of carbonyl (C=O) groups excluding carboxylic acids is 1. The van der Waals surface area contributed by atoms with Crippen molar-refractivity contribution >= 4 is 17.7 Å². The molecule has 3 aromatic rings. The van der Waals surface area contributed by atoms with Gasteiger partial charge < -0.3 is 5.32 Å². The van der Waals surface area contributed by atoms with Gasteiger partial charge in [-0.1, -0.05) is 68.1 Å². The van der Waals surface area contributed by atoms with Crippen LogP contribution in [-0.4, -0.2) is 31.9 Å². The summed E-state index contributed by atoms with van der Waals surface area (Å²) in [6, 6.07) is 18.0. The van der Waals surface area contributed by atoms with Crippen LogP contribution in [0.1, 0.15) is 37.9 Å². The van der Waals surface area contributed by atoms with Crippen molar-refractivity contribution in [3.05, 3.63) is 65.7 Å². The Kier molecular flexibility index (Phi) is 6.81. The summed E-state index contributed by atoms with van der Waals surface area (Å²) >= 11 is 1.32. The SMILES string of the molecule is CC(C)Cc1ccc([C@@H](C)NC(=O)CSc2nnnn2-c2ccccc2)cc1. The molecule has 0 aliphatic carbocycles. The Balaban J connectivity index is 1.54. The zero-order chi connectivity index (χ0) is 19.9. The molecule has 0 saturated heterocycles. The first-order chi connectivity index (χ1) is 13.5. The van der Waals surface area contributed by atoms with Crippen LogP contribution in [0.3, 0.4) is 0 Å². The summed E-state index contributed by atoms with van der Waals surface area (Å²) in [5.74, 6) is 0.835. The van der Waals surface area contributed by atoms with Crippen molar-refractivity contribution in [1.82, 2.24) is 25.5 Å². The molecule has 0 aliphatic rings. The van der Waals surface area contributed by atoms with E-state index in [1.54, 1.807) is 4.68 Å². The second kappa shape index (κ2) is 9.50. The molecular formula is C21H25N5OS. The number of nitrogens with zero attached hydrogens (tertiary/aromatic N) is 4. The average molecular weight is 396 g/mol. The van der Waals surface area contributed by atoms with Gasteiger partial charge in [0.25, 0.3) is 0 Å². The number of amides is 1. The Hall–Kier alpha value is -2.67. The maximum absolute atomic E-state index is 12.4. The highest BCUT2D eigenvalue weighted by molar-refractivity contribution is 7.99. The van der Waals surface area contributed by atoms with Gasteiger partial charge in [0.1, 0.15) is 0 Å². The summed E-state index contributed by atoms with van der Waals surface area (Å²) in [5, 5.41) is 15.4. The van der Waals surface area contributed by atoms with Crippen molar-refractivity contribution < 1.29 is 4.79 Å². The maximum Gasteiger partial charge on any atom is 0.230 e. The molecule has 1 aromatic heterocycles. The normalized spacial score (nSPS) is 12.1. The van der Waals surface area contributed by atoms with Gasteiger partial charge in [-0.15, -0.1) is 5.10 Å². The second-order valence-corrected chi connectivity index (χ2v) is 8.07. The fourth-order valence-electron chi connectivity index (χ4n) is 2.91. The Morgan fingerprint density at radius 1 is 1.07 bits per heavy atom. The van der Waals surface area contributed by atoms with Crippen molar-refractivity contribution in [2.75, 3.05) is 5.75 Å². The third-order valence-electron chi connectivity index (χ3n) is 4.28. The van der Waals surface area contributed by atoms with Gasteiger partial charge in [-0.2, -0.15) is 4.68 Å². The van der Waals surface area contributed by atoms with E-state index in [9.17, 15) is 4.79 Å². The highest BCUT2D eigenvalue weighted by atomic mass is 32.2. The third-order valence-corrected chi connectivity index (χ3v) is 5.19. The van der Waals surface area contributed by atoms with E-state index in [-0.39, 0.29) is 17.7 Å². The zero-order valence-corrected chi connectivity index (χ0v) is 17.2. The van der Waals surface area contributed by atoms with E-state index in [0.717, 1.165) is 17.7 Å². The molecule has 2 aromatic carbocycles. The molecule has 1 amide bonds. The van der Waals surface area contributed by atoms with Gasteiger partial charge in [0.05, 0.1) is 17.5 Å². The number of tetrazole rings is 1. The largest absolute Gasteiger partial charge is 0.349 e. The van der Waals surface area contributed by atoms with Crippen LogP contribution in [0.5, 0.6) is 0 Å². The predicted octanol–water partition coefficient (Wildman–Crippen LogP) is 3.83. The number of thioether (sulfide) groups is 1. The van der Waals surface area contributed by atoms with E-state index in [4.69, 9.17) is 0 Å². The van der Waals surface area contributed by atoms with Gasteiger partial charge in [0, 0.05) is 0 Å². The molecule has 28 heavy (non-hydrogen) atoms. The molecule has 146 valence electrons. The molecule has 0 bridgehead atoms. The summed E-state index contributed by atoms with van der Waals surface area (Å²) in [4.78, 5) is 12.4. The first-order valence-electron chi connectivity index (χ1n) is 9.37. The lowest BCUT2D eigenvalue weighted by atomic mass is 10.00. The first-order valence-corrected chi connectivity index (χ1v) is 10.4. The van der Waals surface area contributed by atoms with E-state index >= 15 is 0 Å². The Morgan fingerprint density at radius 2 is 1.79 bits per heavy atom. The average Bonchev–Trinajstić information content (AvgIpc) is 3.16. The maximum atomic E-state index is 12.4. The number of para-hydroxylation sites is 1. The van der Waals surface area contributed by atoms with Crippen LogP contribution in [0, 0.1) is 5.92 Å². The summed E-state index contributed by atoms with van der Waals surface area (Å²) in [7, 11) is 0. The highest BCUT2D eigenvalue weighted by Gasteiger charge is 2.14. The third kappa shape index (κ3) is 5.42. The molecule has 0 saturated carbocycles.